The van der Waals surface area contributed by atoms with Crippen molar-refractivity contribution in [2.45, 2.75) is 23.6 Å². The fourth-order valence-electron chi connectivity index (χ4n) is 4.17. The molecule has 0 saturated heterocycles. The van der Waals surface area contributed by atoms with Gasteiger partial charge in [0.2, 0.25) is 5.91 Å². The Labute approximate surface area is 252 Å². The number of hydrogen-bond acceptors (Lipinski definition) is 4. The minimum absolute atomic E-state index is 0.00564. The number of ether oxygens (including phenoxy) is 1. The lowest BCUT2D eigenvalue weighted by Crippen LogP contribution is -2.19. The van der Waals surface area contributed by atoms with E-state index in [4.69, 9.17) is 62.7 Å². The molecule has 2 amide bonds. The molecule has 1 saturated carbocycles. The summed E-state index contributed by atoms with van der Waals surface area (Å²) in [4.78, 5) is 37.7. The highest BCUT2D eigenvalue weighted by molar-refractivity contribution is 6.53. The van der Waals surface area contributed by atoms with Crippen molar-refractivity contribution in [1.82, 2.24) is 0 Å². The molecule has 210 valence electrons. The quantitative estimate of drug-likeness (QED) is 0.193. The van der Waals surface area contributed by atoms with Crippen LogP contribution in [0.1, 0.15) is 34.3 Å². The van der Waals surface area contributed by atoms with Crippen LogP contribution < -0.4 is 10.6 Å². The second kappa shape index (κ2) is 12.1. The molecule has 0 bridgehead atoms. The summed E-state index contributed by atoms with van der Waals surface area (Å²) in [6, 6.07) is 10.8. The molecule has 4 rings (SSSR count). The number of hydrogen-bond donors (Lipinski definition) is 2. The van der Waals surface area contributed by atoms with Crippen LogP contribution in [0.4, 0.5) is 20.2 Å². The molecule has 0 heterocycles. The first-order chi connectivity index (χ1) is 18.8. The lowest BCUT2D eigenvalue weighted by molar-refractivity contribution is -0.142. The summed E-state index contributed by atoms with van der Waals surface area (Å²) in [5.41, 5.74) is -0.247. The summed E-state index contributed by atoms with van der Waals surface area (Å²) in [6.07, 6.45) is -0.662. The molecule has 0 radical (unpaired) electrons. The van der Waals surface area contributed by atoms with Gasteiger partial charge in [0, 0.05) is 17.2 Å². The highest BCUT2D eigenvalue weighted by atomic mass is 35.5. The molecule has 40 heavy (non-hydrogen) atoms. The van der Waals surface area contributed by atoms with Crippen LogP contribution in [0, 0.1) is 17.6 Å². The lowest BCUT2D eigenvalue weighted by Gasteiger charge is -2.13. The molecular formula is C27H19Cl5F2N2O4. The van der Waals surface area contributed by atoms with E-state index < -0.39 is 57.6 Å². The maximum absolute atomic E-state index is 15.0. The zero-order valence-corrected chi connectivity index (χ0v) is 24.2. The van der Waals surface area contributed by atoms with Crippen molar-refractivity contribution in [3.05, 3.63) is 91.9 Å². The van der Waals surface area contributed by atoms with Crippen LogP contribution in [-0.4, -0.2) is 28.7 Å². The van der Waals surface area contributed by atoms with E-state index in [0.29, 0.717) is 10.6 Å². The van der Waals surface area contributed by atoms with Crippen molar-refractivity contribution in [2.75, 3.05) is 17.2 Å². The molecular weight excluding hydrogens is 632 g/mol. The molecule has 3 aromatic carbocycles. The fourth-order valence-corrected chi connectivity index (χ4v) is 5.51. The third-order valence-electron chi connectivity index (χ3n) is 6.18. The van der Waals surface area contributed by atoms with E-state index in [1.165, 1.54) is 18.2 Å². The van der Waals surface area contributed by atoms with E-state index in [1.54, 1.807) is 25.1 Å². The number of carbonyl (C=O) groups excluding carboxylic acids is 3. The Morgan fingerprint density at radius 3 is 2.30 bits per heavy atom. The maximum atomic E-state index is 15.0. The molecule has 6 nitrogen and oxygen atoms in total. The van der Waals surface area contributed by atoms with E-state index in [9.17, 15) is 23.2 Å². The smallest absolute Gasteiger partial charge is 0.310 e. The standard InChI is InChI=1S/C27H19Cl5F2N2O4/c1-2-40-21(37)11-15-19(33)7-8-20(24(15)34)36-25(38)14-10-13(4-6-16(14)28)35-26(39)23-22(27(23,31)32)12-3-5-17(29)18(30)9-12/h3-10,22-23H,2,11H2,1H3,(H,35,39)(H,36,38)/t22-,23+/m0/s1. The molecule has 1 aliphatic rings. The van der Waals surface area contributed by atoms with Gasteiger partial charge < -0.3 is 15.4 Å². The molecule has 3 aromatic rings. The molecule has 0 aromatic heterocycles. The minimum atomic E-state index is -1.41. The summed E-state index contributed by atoms with van der Waals surface area (Å²) < 4.78 is 32.5. The molecule has 0 spiro atoms. The first-order valence-corrected chi connectivity index (χ1v) is 13.6. The van der Waals surface area contributed by atoms with Gasteiger partial charge in [-0.1, -0.05) is 40.9 Å². The normalized spacial score (nSPS) is 17.2. The van der Waals surface area contributed by atoms with Crippen LogP contribution in [-0.2, 0) is 20.7 Å². The van der Waals surface area contributed by atoms with Gasteiger partial charge in [-0.2, -0.15) is 0 Å². The van der Waals surface area contributed by atoms with Crippen molar-refractivity contribution in [1.29, 1.82) is 0 Å². The third-order valence-corrected chi connectivity index (χ3v) is 8.19. The van der Waals surface area contributed by atoms with Gasteiger partial charge in [0.15, 0.2) is 5.82 Å². The number of rotatable bonds is 8. The van der Waals surface area contributed by atoms with Gasteiger partial charge in [0.05, 0.1) is 45.3 Å². The van der Waals surface area contributed by atoms with Crippen molar-refractivity contribution in [3.8, 4) is 0 Å². The van der Waals surface area contributed by atoms with Gasteiger partial charge in [-0.15, -0.1) is 23.2 Å². The van der Waals surface area contributed by atoms with Crippen molar-refractivity contribution in [2.24, 2.45) is 5.92 Å². The zero-order chi connectivity index (χ0) is 29.4. The molecule has 0 unspecified atom stereocenters. The van der Waals surface area contributed by atoms with Crippen LogP contribution in [0.2, 0.25) is 15.1 Å². The highest BCUT2D eigenvalue weighted by Crippen LogP contribution is 2.65. The molecule has 13 heteroatoms. The van der Waals surface area contributed by atoms with E-state index in [1.807, 2.05) is 0 Å². The second-order valence-corrected chi connectivity index (χ2v) is 11.5. The Bertz CT molecular complexity index is 1520. The average Bonchev–Trinajstić information content (AvgIpc) is 3.48. The average molecular weight is 651 g/mol. The van der Waals surface area contributed by atoms with E-state index >= 15 is 0 Å². The first kappa shape index (κ1) is 30.3. The summed E-state index contributed by atoms with van der Waals surface area (Å²) in [5, 5.41) is 5.58. The Hall–Kier alpha value is -2.62. The minimum Gasteiger partial charge on any atom is -0.466 e. The van der Waals surface area contributed by atoms with Crippen LogP contribution >= 0.6 is 58.0 Å². The van der Waals surface area contributed by atoms with Gasteiger partial charge in [0.25, 0.3) is 5.91 Å². The topological polar surface area (TPSA) is 84.5 Å². The number of anilines is 2. The number of halogens is 7. The second-order valence-electron chi connectivity index (χ2n) is 8.81. The Morgan fingerprint density at radius 2 is 1.62 bits per heavy atom. The molecule has 2 atom stereocenters. The first-order valence-electron chi connectivity index (χ1n) is 11.7. The number of amides is 2. The summed E-state index contributed by atoms with van der Waals surface area (Å²) >= 11 is 31.0. The van der Waals surface area contributed by atoms with Gasteiger partial charge in [0.1, 0.15) is 10.2 Å². The molecule has 0 aliphatic heterocycles. The summed E-state index contributed by atoms with van der Waals surface area (Å²) in [6.45, 7) is 1.60. The number of carbonyl (C=O) groups is 3. The molecule has 1 fully saturated rings. The van der Waals surface area contributed by atoms with E-state index in [2.05, 4.69) is 10.6 Å². The third kappa shape index (κ3) is 6.31. The van der Waals surface area contributed by atoms with Gasteiger partial charge in [-0.3, -0.25) is 14.4 Å². The van der Waals surface area contributed by atoms with Gasteiger partial charge in [-0.05, 0) is 55.0 Å². The number of alkyl halides is 2. The maximum Gasteiger partial charge on any atom is 0.310 e. The predicted octanol–water partition coefficient (Wildman–Crippen LogP) is 7.81. The number of esters is 1. The number of benzene rings is 3. The summed E-state index contributed by atoms with van der Waals surface area (Å²) in [7, 11) is 0. The van der Waals surface area contributed by atoms with Crippen LogP contribution in [0.3, 0.4) is 0 Å². The van der Waals surface area contributed by atoms with E-state index in [-0.39, 0.29) is 33.6 Å². The number of nitrogens with one attached hydrogen (secondary N) is 2. The van der Waals surface area contributed by atoms with Gasteiger partial charge in [-0.25, -0.2) is 8.78 Å². The molecule has 1 aliphatic carbocycles. The lowest BCUT2D eigenvalue weighted by atomic mass is 10.1. The summed E-state index contributed by atoms with van der Waals surface area (Å²) in [5.74, 6) is -5.71. The van der Waals surface area contributed by atoms with Crippen molar-refractivity contribution >= 4 is 87.2 Å². The predicted molar refractivity (Wildman–Crippen MR) is 152 cm³/mol. The SMILES string of the molecule is CCOC(=O)Cc1c(F)ccc(NC(=O)c2cc(NC(=O)[C@H]3[C@H](c4ccc(Cl)c(Cl)c4)C3(Cl)Cl)ccc2Cl)c1F. The van der Waals surface area contributed by atoms with Crippen molar-refractivity contribution in [3.63, 3.8) is 0 Å². The Morgan fingerprint density at radius 1 is 0.925 bits per heavy atom. The van der Waals surface area contributed by atoms with Gasteiger partial charge >= 0.3 is 5.97 Å². The molecule has 2 N–H and O–H groups in total. The monoisotopic (exact) mass is 648 g/mol. The zero-order valence-electron chi connectivity index (χ0n) is 20.5. The van der Waals surface area contributed by atoms with Crippen molar-refractivity contribution < 1.29 is 27.9 Å². The highest BCUT2D eigenvalue weighted by Gasteiger charge is 2.67. The van der Waals surface area contributed by atoms with Crippen LogP contribution in [0.15, 0.2) is 48.5 Å². The Kier molecular flexibility index (Phi) is 9.17. The van der Waals surface area contributed by atoms with Crippen LogP contribution in [0.5, 0.6) is 0 Å². The van der Waals surface area contributed by atoms with E-state index in [0.717, 1.165) is 12.1 Å². The largest absolute Gasteiger partial charge is 0.466 e. The fraction of sp³-hybridized carbons (Fsp3) is 0.222. The van der Waals surface area contributed by atoms with Crippen LogP contribution in [0.25, 0.3) is 0 Å². The Balaban J connectivity index is 1.51.